The summed E-state index contributed by atoms with van der Waals surface area (Å²) >= 11 is 0. The molecule has 0 fully saturated rings. The fourth-order valence-corrected chi connectivity index (χ4v) is 3.06. The molecule has 0 aliphatic heterocycles. The van der Waals surface area contributed by atoms with E-state index < -0.39 is 9.05 Å². The number of amides is 1. The average Bonchev–Trinajstić information content (AvgIpc) is 2.37. The van der Waals surface area contributed by atoms with Gasteiger partial charge >= 0.3 is 0 Å². The second-order valence-corrected chi connectivity index (χ2v) is 7.32. The SMILES string of the molecule is CCCCCC(=O)Nc1cc(C)cc(S(=O)(=O)Cl)c1OC. The number of carbonyl (C=O) groups is 1. The van der Waals surface area contributed by atoms with Gasteiger partial charge in [-0.15, -0.1) is 0 Å². The Hall–Kier alpha value is -1.27. The van der Waals surface area contributed by atoms with E-state index in [4.69, 9.17) is 15.4 Å². The number of anilines is 1. The number of aryl methyl sites for hydroxylation is 1. The summed E-state index contributed by atoms with van der Waals surface area (Å²) in [6.07, 6.45) is 3.17. The van der Waals surface area contributed by atoms with E-state index in [0.29, 0.717) is 17.7 Å². The molecule has 0 spiro atoms. The molecule has 0 aliphatic rings. The zero-order valence-corrected chi connectivity index (χ0v) is 14.0. The summed E-state index contributed by atoms with van der Waals surface area (Å²) < 4.78 is 28.3. The lowest BCUT2D eigenvalue weighted by atomic mass is 10.1. The van der Waals surface area contributed by atoms with Gasteiger partial charge in [0, 0.05) is 17.1 Å². The summed E-state index contributed by atoms with van der Waals surface area (Å²) in [4.78, 5) is 11.7. The highest BCUT2D eigenvalue weighted by Gasteiger charge is 2.21. The first kappa shape index (κ1) is 17.8. The van der Waals surface area contributed by atoms with E-state index in [1.165, 1.54) is 13.2 Å². The largest absolute Gasteiger partial charge is 0.493 e. The van der Waals surface area contributed by atoms with Crippen molar-refractivity contribution in [2.45, 2.75) is 44.4 Å². The molecule has 1 N–H and O–H groups in total. The summed E-state index contributed by atoms with van der Waals surface area (Å²) in [5.41, 5.74) is 0.983. The monoisotopic (exact) mass is 333 g/mol. The van der Waals surface area contributed by atoms with E-state index in [1.807, 2.05) is 0 Å². The highest BCUT2D eigenvalue weighted by Crippen LogP contribution is 2.35. The highest BCUT2D eigenvalue weighted by atomic mass is 35.7. The van der Waals surface area contributed by atoms with Crippen LogP contribution in [0.1, 0.15) is 38.2 Å². The van der Waals surface area contributed by atoms with Crippen molar-refractivity contribution in [2.75, 3.05) is 12.4 Å². The molecule has 0 aliphatic carbocycles. The van der Waals surface area contributed by atoms with E-state index in [2.05, 4.69) is 12.2 Å². The molecule has 0 unspecified atom stereocenters. The lowest BCUT2D eigenvalue weighted by Crippen LogP contribution is -2.13. The van der Waals surface area contributed by atoms with Crippen LogP contribution < -0.4 is 10.1 Å². The maximum Gasteiger partial charge on any atom is 0.265 e. The van der Waals surface area contributed by atoms with Crippen LogP contribution in [0.25, 0.3) is 0 Å². The summed E-state index contributed by atoms with van der Waals surface area (Å²) in [7, 11) is 2.79. The van der Waals surface area contributed by atoms with Crippen LogP contribution in [0.5, 0.6) is 5.75 Å². The Morgan fingerprint density at radius 1 is 1.33 bits per heavy atom. The van der Waals surface area contributed by atoms with Crippen molar-refractivity contribution in [1.29, 1.82) is 0 Å². The van der Waals surface area contributed by atoms with Crippen LogP contribution >= 0.6 is 10.7 Å². The first-order chi connectivity index (χ1) is 9.79. The lowest BCUT2D eigenvalue weighted by Gasteiger charge is -2.14. The Labute approximate surface area is 130 Å². The molecule has 0 aromatic heterocycles. The third-order valence-electron chi connectivity index (χ3n) is 2.95. The average molecular weight is 334 g/mol. The standard InChI is InChI=1S/C14H20ClNO4S/c1-4-5-6-7-13(17)16-11-8-10(2)9-12(14(11)20-3)21(15,18)19/h8-9H,4-7H2,1-3H3,(H,16,17). The molecule has 5 nitrogen and oxygen atoms in total. The Morgan fingerprint density at radius 3 is 2.52 bits per heavy atom. The second-order valence-electron chi connectivity index (χ2n) is 4.79. The number of nitrogens with one attached hydrogen (secondary N) is 1. The van der Waals surface area contributed by atoms with Crippen molar-refractivity contribution in [2.24, 2.45) is 0 Å². The van der Waals surface area contributed by atoms with Crippen LogP contribution in [0.15, 0.2) is 17.0 Å². The highest BCUT2D eigenvalue weighted by molar-refractivity contribution is 8.13. The molecular weight excluding hydrogens is 314 g/mol. The lowest BCUT2D eigenvalue weighted by molar-refractivity contribution is -0.116. The van der Waals surface area contributed by atoms with Crippen molar-refractivity contribution in [3.63, 3.8) is 0 Å². The van der Waals surface area contributed by atoms with Gasteiger partial charge in [0.1, 0.15) is 4.90 Å². The Morgan fingerprint density at radius 2 is 2.00 bits per heavy atom. The maximum absolute atomic E-state index is 11.9. The number of carbonyl (C=O) groups excluding carboxylic acids is 1. The normalized spacial score (nSPS) is 11.2. The van der Waals surface area contributed by atoms with E-state index in [-0.39, 0.29) is 16.6 Å². The van der Waals surface area contributed by atoms with Crippen molar-refractivity contribution < 1.29 is 17.9 Å². The second kappa shape index (κ2) is 7.66. The molecule has 1 amide bonds. The third kappa shape index (κ3) is 5.21. The molecule has 118 valence electrons. The van der Waals surface area contributed by atoms with Gasteiger partial charge in [-0.2, -0.15) is 0 Å². The van der Waals surface area contributed by atoms with Crippen molar-refractivity contribution >= 4 is 31.3 Å². The minimum absolute atomic E-state index is 0.0550. The first-order valence-electron chi connectivity index (χ1n) is 6.72. The van der Waals surface area contributed by atoms with Gasteiger partial charge in [0.05, 0.1) is 12.8 Å². The van der Waals surface area contributed by atoms with E-state index in [1.54, 1.807) is 13.0 Å². The van der Waals surface area contributed by atoms with Crippen LogP contribution in [0, 0.1) is 6.92 Å². The van der Waals surface area contributed by atoms with Crippen LogP contribution in [0.3, 0.4) is 0 Å². The van der Waals surface area contributed by atoms with Crippen molar-refractivity contribution in [3.8, 4) is 5.75 Å². The van der Waals surface area contributed by atoms with Gasteiger partial charge in [-0.1, -0.05) is 19.8 Å². The van der Waals surface area contributed by atoms with Crippen LogP contribution in [-0.4, -0.2) is 21.4 Å². The van der Waals surface area contributed by atoms with Gasteiger partial charge in [0.15, 0.2) is 5.75 Å². The molecule has 1 aromatic carbocycles. The van der Waals surface area contributed by atoms with Gasteiger partial charge in [-0.05, 0) is 31.0 Å². The van der Waals surface area contributed by atoms with Gasteiger partial charge in [0.2, 0.25) is 5.91 Å². The van der Waals surface area contributed by atoms with Crippen LogP contribution in [0.2, 0.25) is 0 Å². The van der Waals surface area contributed by atoms with Crippen LogP contribution in [-0.2, 0) is 13.8 Å². The van der Waals surface area contributed by atoms with Gasteiger partial charge in [0.25, 0.3) is 9.05 Å². The minimum atomic E-state index is -3.95. The first-order valence-corrected chi connectivity index (χ1v) is 9.03. The number of benzene rings is 1. The van der Waals surface area contributed by atoms with Gasteiger partial charge < -0.3 is 10.1 Å². The summed E-state index contributed by atoms with van der Waals surface area (Å²) in [5.74, 6) is -0.121. The summed E-state index contributed by atoms with van der Waals surface area (Å²) in [6.45, 7) is 3.77. The van der Waals surface area contributed by atoms with Gasteiger partial charge in [-0.3, -0.25) is 4.79 Å². The van der Waals surface area contributed by atoms with Crippen molar-refractivity contribution in [3.05, 3.63) is 17.7 Å². The topological polar surface area (TPSA) is 72.5 Å². The molecule has 0 heterocycles. The molecular formula is C14H20ClNO4S. The van der Waals surface area contributed by atoms with E-state index in [9.17, 15) is 13.2 Å². The quantitative estimate of drug-likeness (QED) is 0.612. The zero-order chi connectivity index (χ0) is 16.0. The van der Waals surface area contributed by atoms with Crippen molar-refractivity contribution in [1.82, 2.24) is 0 Å². The summed E-state index contributed by atoms with van der Waals surface area (Å²) in [6, 6.07) is 3.07. The molecule has 0 radical (unpaired) electrons. The molecule has 7 heteroatoms. The molecule has 0 atom stereocenters. The smallest absolute Gasteiger partial charge is 0.265 e. The Kier molecular flexibility index (Phi) is 6.48. The third-order valence-corrected chi connectivity index (χ3v) is 4.27. The predicted molar refractivity (Wildman–Crippen MR) is 83.5 cm³/mol. The molecule has 0 saturated heterocycles. The maximum atomic E-state index is 11.9. The molecule has 1 rings (SSSR count). The Bertz CT molecular complexity index is 614. The molecule has 1 aromatic rings. The summed E-state index contributed by atoms with van der Waals surface area (Å²) in [5, 5.41) is 2.69. The number of ether oxygens (including phenoxy) is 1. The molecule has 0 bridgehead atoms. The number of halogens is 1. The number of hydrogen-bond acceptors (Lipinski definition) is 4. The van der Waals surface area contributed by atoms with E-state index >= 15 is 0 Å². The molecule has 0 saturated carbocycles. The number of rotatable bonds is 7. The minimum Gasteiger partial charge on any atom is -0.493 e. The number of hydrogen-bond donors (Lipinski definition) is 1. The number of methoxy groups -OCH3 is 1. The predicted octanol–water partition coefficient (Wildman–Crippen LogP) is 3.45. The molecule has 21 heavy (non-hydrogen) atoms. The van der Waals surface area contributed by atoms with Gasteiger partial charge in [-0.25, -0.2) is 8.42 Å². The van der Waals surface area contributed by atoms with Crippen LogP contribution in [0.4, 0.5) is 5.69 Å². The Balaban J connectivity index is 3.07. The van der Waals surface area contributed by atoms with E-state index in [0.717, 1.165) is 19.3 Å². The fraction of sp³-hybridized carbons (Fsp3) is 0.500. The zero-order valence-electron chi connectivity index (χ0n) is 12.4. The fourth-order valence-electron chi connectivity index (χ4n) is 1.97. The number of unbranched alkanes of at least 4 members (excludes halogenated alkanes) is 2.